The van der Waals surface area contributed by atoms with Crippen LogP contribution in [0.25, 0.3) is 6.08 Å². The lowest BCUT2D eigenvalue weighted by atomic mass is 10.00. The molecule has 3 aromatic carbocycles. The van der Waals surface area contributed by atoms with Gasteiger partial charge in [-0.05, 0) is 60.0 Å². The number of anilines is 1. The van der Waals surface area contributed by atoms with Gasteiger partial charge >= 0.3 is 0 Å². The highest BCUT2D eigenvalue weighted by molar-refractivity contribution is 6.31. The first kappa shape index (κ1) is 21.5. The van der Waals surface area contributed by atoms with Crippen LogP contribution in [0.2, 0.25) is 10.0 Å². The number of halogens is 2. The zero-order chi connectivity index (χ0) is 21.8. The van der Waals surface area contributed by atoms with E-state index in [0.29, 0.717) is 18.1 Å². The van der Waals surface area contributed by atoms with Crippen LogP contribution < -0.4 is 4.90 Å². The molecule has 0 saturated carbocycles. The van der Waals surface area contributed by atoms with E-state index < -0.39 is 0 Å². The van der Waals surface area contributed by atoms with Crippen LogP contribution in [0, 0.1) is 6.92 Å². The molecule has 0 spiro atoms. The molecule has 1 amide bonds. The molecule has 3 aromatic rings. The van der Waals surface area contributed by atoms with E-state index in [-0.39, 0.29) is 11.9 Å². The molecule has 0 bridgehead atoms. The van der Waals surface area contributed by atoms with Gasteiger partial charge in [0.25, 0.3) is 0 Å². The number of nitrogens with zero attached hydrogens (tertiary/aromatic N) is 2. The lowest BCUT2D eigenvalue weighted by molar-refractivity contribution is -0.126. The van der Waals surface area contributed by atoms with Gasteiger partial charge in [-0.15, -0.1) is 0 Å². The Labute approximate surface area is 193 Å². The second-order valence-electron chi connectivity index (χ2n) is 7.72. The fraction of sp³-hybridized carbons (Fsp3) is 0.192. The molecule has 0 radical (unpaired) electrons. The lowest BCUT2D eigenvalue weighted by Crippen LogP contribution is -2.50. The van der Waals surface area contributed by atoms with E-state index >= 15 is 0 Å². The Morgan fingerprint density at radius 1 is 0.935 bits per heavy atom. The Morgan fingerprint density at radius 2 is 1.65 bits per heavy atom. The Hall–Kier alpha value is -2.75. The molecule has 3 nitrogen and oxygen atoms in total. The summed E-state index contributed by atoms with van der Waals surface area (Å²) in [6, 6.07) is 23.8. The van der Waals surface area contributed by atoms with Gasteiger partial charge in [-0.3, -0.25) is 4.79 Å². The van der Waals surface area contributed by atoms with Crippen LogP contribution in [0.5, 0.6) is 0 Å². The fourth-order valence-corrected chi connectivity index (χ4v) is 4.37. The predicted molar refractivity (Wildman–Crippen MR) is 130 cm³/mol. The molecule has 1 aliphatic heterocycles. The molecule has 1 heterocycles. The van der Waals surface area contributed by atoms with Crippen molar-refractivity contribution >= 4 is 40.9 Å². The second kappa shape index (κ2) is 9.59. The van der Waals surface area contributed by atoms with Crippen molar-refractivity contribution in [3.63, 3.8) is 0 Å². The summed E-state index contributed by atoms with van der Waals surface area (Å²) in [7, 11) is 0. The summed E-state index contributed by atoms with van der Waals surface area (Å²) in [5, 5.41) is 1.43. The summed E-state index contributed by atoms with van der Waals surface area (Å²) >= 11 is 12.3. The fourth-order valence-electron chi connectivity index (χ4n) is 4.02. The maximum absolute atomic E-state index is 12.9. The van der Waals surface area contributed by atoms with Crippen molar-refractivity contribution in [3.05, 3.63) is 106 Å². The minimum Gasteiger partial charge on any atom is -0.361 e. The van der Waals surface area contributed by atoms with Crippen LogP contribution >= 0.6 is 23.2 Å². The highest BCUT2D eigenvalue weighted by atomic mass is 35.5. The van der Waals surface area contributed by atoms with E-state index in [2.05, 4.69) is 17.9 Å². The standard InChI is InChI=1S/C26H24Cl2N2O/c1-19-17-23(28)12-13-24(19)30-16-15-29(18-25(30)21-8-10-22(27)11-9-21)26(31)14-7-20-5-3-2-4-6-20/h2-14,17,25H,15-16,18H2,1H3/b14-7+. The number of amides is 1. The third kappa shape index (κ3) is 5.12. The summed E-state index contributed by atoms with van der Waals surface area (Å²) in [6.45, 7) is 4.06. The Balaban J connectivity index is 1.60. The van der Waals surface area contributed by atoms with Gasteiger partial charge in [0.1, 0.15) is 0 Å². The largest absolute Gasteiger partial charge is 0.361 e. The molecule has 4 rings (SSSR count). The number of piperazine rings is 1. The summed E-state index contributed by atoms with van der Waals surface area (Å²) in [5.41, 5.74) is 4.40. The number of benzene rings is 3. The first-order chi connectivity index (χ1) is 15.0. The molecule has 1 saturated heterocycles. The Bertz CT molecular complexity index is 1080. The average molecular weight is 451 g/mol. The topological polar surface area (TPSA) is 23.6 Å². The van der Waals surface area contributed by atoms with Gasteiger partial charge in [-0.25, -0.2) is 0 Å². The monoisotopic (exact) mass is 450 g/mol. The number of carbonyl (C=O) groups is 1. The lowest BCUT2D eigenvalue weighted by Gasteiger charge is -2.43. The van der Waals surface area contributed by atoms with E-state index in [0.717, 1.165) is 33.9 Å². The molecule has 1 fully saturated rings. The molecule has 0 aromatic heterocycles. The second-order valence-corrected chi connectivity index (χ2v) is 8.59. The normalized spacial score (nSPS) is 16.7. The van der Waals surface area contributed by atoms with Gasteiger partial charge in [0.05, 0.1) is 6.04 Å². The summed E-state index contributed by atoms with van der Waals surface area (Å²) in [4.78, 5) is 17.2. The maximum atomic E-state index is 12.9. The van der Waals surface area contributed by atoms with E-state index in [9.17, 15) is 4.79 Å². The number of hydrogen-bond acceptors (Lipinski definition) is 2. The van der Waals surface area contributed by atoms with Gasteiger partial charge in [0, 0.05) is 41.4 Å². The Morgan fingerprint density at radius 3 is 2.35 bits per heavy atom. The van der Waals surface area contributed by atoms with E-state index in [4.69, 9.17) is 23.2 Å². The zero-order valence-electron chi connectivity index (χ0n) is 17.3. The highest BCUT2D eigenvalue weighted by Crippen LogP contribution is 2.34. The number of rotatable bonds is 4. The molecular formula is C26H24Cl2N2O. The number of aryl methyl sites for hydroxylation is 1. The smallest absolute Gasteiger partial charge is 0.246 e. The van der Waals surface area contributed by atoms with Gasteiger partial charge in [0.15, 0.2) is 0 Å². The van der Waals surface area contributed by atoms with Crippen molar-refractivity contribution in [2.75, 3.05) is 24.5 Å². The maximum Gasteiger partial charge on any atom is 0.246 e. The van der Waals surface area contributed by atoms with Crippen molar-refractivity contribution in [2.24, 2.45) is 0 Å². The van der Waals surface area contributed by atoms with Crippen molar-refractivity contribution in [2.45, 2.75) is 13.0 Å². The first-order valence-corrected chi connectivity index (χ1v) is 11.1. The molecule has 1 aliphatic rings. The van der Waals surface area contributed by atoms with Gasteiger partial charge in [-0.2, -0.15) is 0 Å². The SMILES string of the molecule is Cc1cc(Cl)ccc1N1CCN(C(=O)/C=C/c2ccccc2)CC1c1ccc(Cl)cc1. The minimum atomic E-state index is 0.0234. The predicted octanol–water partition coefficient (Wildman–Crippen LogP) is 6.41. The van der Waals surface area contributed by atoms with E-state index in [1.54, 1.807) is 6.08 Å². The van der Waals surface area contributed by atoms with Crippen LogP contribution in [0.15, 0.2) is 78.9 Å². The van der Waals surface area contributed by atoms with Gasteiger partial charge in [0.2, 0.25) is 5.91 Å². The molecule has 31 heavy (non-hydrogen) atoms. The summed E-state index contributed by atoms with van der Waals surface area (Å²) in [6.07, 6.45) is 3.53. The molecule has 0 N–H and O–H groups in total. The van der Waals surface area contributed by atoms with Crippen molar-refractivity contribution < 1.29 is 4.79 Å². The van der Waals surface area contributed by atoms with Gasteiger partial charge < -0.3 is 9.80 Å². The van der Waals surface area contributed by atoms with Crippen LogP contribution in [0.1, 0.15) is 22.7 Å². The summed E-state index contributed by atoms with van der Waals surface area (Å²) in [5.74, 6) is 0.0234. The molecular weight excluding hydrogens is 427 g/mol. The van der Waals surface area contributed by atoms with Crippen LogP contribution in [-0.4, -0.2) is 30.4 Å². The first-order valence-electron chi connectivity index (χ1n) is 10.3. The molecule has 1 unspecified atom stereocenters. The van der Waals surface area contributed by atoms with Crippen molar-refractivity contribution in [1.82, 2.24) is 4.90 Å². The van der Waals surface area contributed by atoms with Crippen molar-refractivity contribution in [3.8, 4) is 0 Å². The third-order valence-corrected chi connectivity index (χ3v) is 6.12. The zero-order valence-corrected chi connectivity index (χ0v) is 18.9. The molecule has 158 valence electrons. The van der Waals surface area contributed by atoms with Gasteiger partial charge in [-0.1, -0.05) is 65.7 Å². The van der Waals surface area contributed by atoms with E-state index in [1.165, 1.54) is 0 Å². The van der Waals surface area contributed by atoms with Crippen LogP contribution in [0.3, 0.4) is 0 Å². The van der Waals surface area contributed by atoms with Crippen LogP contribution in [-0.2, 0) is 4.79 Å². The molecule has 0 aliphatic carbocycles. The van der Waals surface area contributed by atoms with Crippen LogP contribution in [0.4, 0.5) is 5.69 Å². The number of hydrogen-bond donors (Lipinski definition) is 0. The summed E-state index contributed by atoms with van der Waals surface area (Å²) < 4.78 is 0. The molecule has 1 atom stereocenters. The quantitative estimate of drug-likeness (QED) is 0.429. The highest BCUT2D eigenvalue weighted by Gasteiger charge is 2.31. The minimum absolute atomic E-state index is 0.0234. The third-order valence-electron chi connectivity index (χ3n) is 5.63. The van der Waals surface area contributed by atoms with E-state index in [1.807, 2.05) is 77.7 Å². The Kier molecular flexibility index (Phi) is 6.64. The van der Waals surface area contributed by atoms with Crippen molar-refractivity contribution in [1.29, 1.82) is 0 Å². The molecule has 5 heteroatoms. The average Bonchev–Trinajstić information content (AvgIpc) is 2.78. The number of carbonyl (C=O) groups excluding carboxylic acids is 1.